The summed E-state index contributed by atoms with van der Waals surface area (Å²) in [4.78, 5) is 37.9. The molecule has 1 saturated heterocycles. The van der Waals surface area contributed by atoms with E-state index in [0.717, 1.165) is 19.3 Å². The number of carbonyl (C=O) groups excluding carboxylic acids is 3. The number of hydrogen-bond acceptors (Lipinski definition) is 7. The van der Waals surface area contributed by atoms with E-state index in [4.69, 9.17) is 9.47 Å². The number of fused-ring (bicyclic) bond motifs is 1. The van der Waals surface area contributed by atoms with Crippen molar-refractivity contribution in [3.63, 3.8) is 0 Å². The van der Waals surface area contributed by atoms with Gasteiger partial charge >= 0.3 is 0 Å². The maximum Gasteiger partial charge on any atom is 0.253 e. The monoisotopic (exact) mass is 448 g/mol. The molecule has 1 aromatic carbocycles. The summed E-state index contributed by atoms with van der Waals surface area (Å²) in [7, 11) is 0. The Bertz CT molecular complexity index is 797. The summed E-state index contributed by atoms with van der Waals surface area (Å²) in [6.45, 7) is 3.33. The van der Waals surface area contributed by atoms with Crippen molar-refractivity contribution in [2.75, 3.05) is 26.4 Å². The molecule has 1 atom stereocenters. The fourth-order valence-electron chi connectivity index (χ4n) is 3.93. The van der Waals surface area contributed by atoms with Crippen molar-refractivity contribution in [3.8, 4) is 11.5 Å². The lowest BCUT2D eigenvalue weighted by atomic mass is 10.0. The Morgan fingerprint density at radius 3 is 2.72 bits per heavy atom. The summed E-state index contributed by atoms with van der Waals surface area (Å²) in [6.07, 6.45) is 5.14. The topological polar surface area (TPSA) is 120 Å². The maximum absolute atomic E-state index is 12.8. The number of unbranched alkanes of at least 4 members (excludes halogenated alkanes) is 2. The number of hydrogen-bond donors (Lipinski definition) is 3. The highest BCUT2D eigenvalue weighted by Gasteiger charge is 2.26. The quantitative estimate of drug-likeness (QED) is 0.204. The van der Waals surface area contributed by atoms with Gasteiger partial charge in [-0.05, 0) is 37.5 Å². The van der Waals surface area contributed by atoms with Gasteiger partial charge in [0, 0.05) is 24.7 Å². The molecular formula is C22H32N4O6. The van der Waals surface area contributed by atoms with Crippen LogP contribution in [0, 0.1) is 5.92 Å². The number of hydrazine groups is 1. The van der Waals surface area contributed by atoms with Crippen molar-refractivity contribution in [2.24, 2.45) is 5.92 Å². The van der Waals surface area contributed by atoms with E-state index in [9.17, 15) is 19.6 Å². The van der Waals surface area contributed by atoms with Crippen LogP contribution in [0.3, 0.4) is 0 Å². The number of nitrogens with zero attached hydrogens (tertiary/aromatic N) is 2. The average Bonchev–Trinajstić information content (AvgIpc) is 3.29. The van der Waals surface area contributed by atoms with Crippen molar-refractivity contribution in [1.82, 2.24) is 20.8 Å². The number of nitrogens with one attached hydrogen (secondary N) is 2. The van der Waals surface area contributed by atoms with Gasteiger partial charge in [0.25, 0.3) is 5.91 Å². The van der Waals surface area contributed by atoms with Gasteiger partial charge in [0.05, 0.1) is 12.5 Å². The standard InChI is InChI=1S/C22H32N4O6/c1-2-3-4-5-17(13-26(30)14-27)21(28)24-23-18-8-10-25(11-9-18)22(29)16-6-7-19-20(12-16)32-15-31-19/h6-7,12,14,17-18,23,30H,2-5,8-11,13,15H2,1H3,(H,24,28)/t17-/m1/s1. The van der Waals surface area contributed by atoms with E-state index < -0.39 is 5.92 Å². The van der Waals surface area contributed by atoms with Gasteiger partial charge in [-0.3, -0.25) is 25.0 Å². The molecule has 0 unspecified atom stereocenters. The van der Waals surface area contributed by atoms with Gasteiger partial charge in [0.15, 0.2) is 11.5 Å². The molecule has 1 fully saturated rings. The molecule has 1 aromatic rings. The lowest BCUT2D eigenvalue weighted by Gasteiger charge is -2.33. The minimum atomic E-state index is -0.489. The van der Waals surface area contributed by atoms with Crippen LogP contribution in [0.1, 0.15) is 55.8 Å². The molecule has 3 amide bonds. The third-order valence-corrected chi connectivity index (χ3v) is 5.86. The zero-order chi connectivity index (χ0) is 22.9. The number of hydroxylamine groups is 2. The smallest absolute Gasteiger partial charge is 0.253 e. The molecule has 3 rings (SSSR count). The van der Waals surface area contributed by atoms with Crippen LogP contribution in [0.15, 0.2) is 18.2 Å². The minimum Gasteiger partial charge on any atom is -0.454 e. The van der Waals surface area contributed by atoms with Crippen molar-refractivity contribution < 1.29 is 29.1 Å². The fourth-order valence-corrected chi connectivity index (χ4v) is 3.93. The van der Waals surface area contributed by atoms with Gasteiger partial charge in [0.1, 0.15) is 0 Å². The van der Waals surface area contributed by atoms with Gasteiger partial charge < -0.3 is 14.4 Å². The Morgan fingerprint density at radius 2 is 2.00 bits per heavy atom. The number of likely N-dealkylation sites (tertiary alicyclic amines) is 1. The average molecular weight is 449 g/mol. The molecule has 2 aliphatic rings. The van der Waals surface area contributed by atoms with Gasteiger partial charge in [-0.15, -0.1) is 0 Å². The Labute approximate surface area is 187 Å². The second-order valence-corrected chi connectivity index (χ2v) is 8.19. The zero-order valence-electron chi connectivity index (χ0n) is 18.4. The van der Waals surface area contributed by atoms with Crippen LogP contribution >= 0.6 is 0 Å². The zero-order valence-corrected chi connectivity index (χ0v) is 18.4. The lowest BCUT2D eigenvalue weighted by molar-refractivity contribution is -0.154. The number of piperidine rings is 1. The Kier molecular flexibility index (Phi) is 8.69. The summed E-state index contributed by atoms with van der Waals surface area (Å²) in [5.74, 6) is 0.432. The first-order chi connectivity index (χ1) is 15.5. The van der Waals surface area contributed by atoms with Crippen LogP contribution in [-0.4, -0.2) is 65.9 Å². The van der Waals surface area contributed by atoms with Gasteiger partial charge in [-0.1, -0.05) is 26.2 Å². The summed E-state index contributed by atoms with van der Waals surface area (Å²) >= 11 is 0. The number of ether oxygens (including phenoxy) is 2. The van der Waals surface area contributed by atoms with Crippen LogP contribution < -0.4 is 20.3 Å². The molecule has 2 heterocycles. The van der Waals surface area contributed by atoms with Crippen molar-refractivity contribution in [3.05, 3.63) is 23.8 Å². The molecule has 0 aliphatic carbocycles. The summed E-state index contributed by atoms with van der Waals surface area (Å²) in [5, 5.41) is 10.0. The molecule has 32 heavy (non-hydrogen) atoms. The normalized spacial score (nSPS) is 16.5. The van der Waals surface area contributed by atoms with E-state index in [2.05, 4.69) is 17.8 Å². The van der Waals surface area contributed by atoms with Crippen molar-refractivity contribution >= 4 is 18.2 Å². The SMILES string of the molecule is CCCCC[C@H](CN(O)C=O)C(=O)NNC1CCN(C(=O)c2ccc3c(c2)OCO3)CC1. The van der Waals surface area contributed by atoms with Crippen LogP contribution in [0.25, 0.3) is 0 Å². The first-order valence-corrected chi connectivity index (χ1v) is 11.2. The second-order valence-electron chi connectivity index (χ2n) is 8.19. The molecule has 0 saturated carbocycles. The minimum absolute atomic E-state index is 0.0346. The first-order valence-electron chi connectivity index (χ1n) is 11.2. The van der Waals surface area contributed by atoms with E-state index in [1.165, 1.54) is 0 Å². The number of rotatable bonds is 11. The summed E-state index contributed by atoms with van der Waals surface area (Å²) in [5.41, 5.74) is 6.35. The number of benzene rings is 1. The number of carbonyl (C=O) groups is 3. The lowest BCUT2D eigenvalue weighted by Crippen LogP contribution is -2.52. The molecule has 3 N–H and O–H groups in total. The van der Waals surface area contributed by atoms with Gasteiger partial charge in [-0.25, -0.2) is 10.5 Å². The highest BCUT2D eigenvalue weighted by Crippen LogP contribution is 2.33. The Hall–Kier alpha value is -2.85. The molecule has 176 valence electrons. The molecule has 0 radical (unpaired) electrons. The summed E-state index contributed by atoms with van der Waals surface area (Å²) < 4.78 is 10.6. The van der Waals surface area contributed by atoms with Gasteiger partial charge in [0.2, 0.25) is 19.1 Å². The first kappa shape index (κ1) is 23.8. The highest BCUT2D eigenvalue weighted by atomic mass is 16.7. The predicted octanol–water partition coefficient (Wildman–Crippen LogP) is 1.68. The predicted molar refractivity (Wildman–Crippen MR) is 115 cm³/mol. The molecule has 0 aromatic heterocycles. The van der Waals surface area contributed by atoms with Crippen molar-refractivity contribution in [2.45, 2.75) is 51.5 Å². The third kappa shape index (κ3) is 6.33. The molecular weight excluding hydrogens is 416 g/mol. The van der Waals surface area contributed by atoms with E-state index in [-0.39, 0.29) is 31.2 Å². The molecule has 10 nitrogen and oxygen atoms in total. The number of amides is 3. The highest BCUT2D eigenvalue weighted by molar-refractivity contribution is 5.95. The maximum atomic E-state index is 12.8. The second kappa shape index (κ2) is 11.7. The molecule has 2 aliphatic heterocycles. The van der Waals surface area contributed by atoms with E-state index in [1.807, 2.05) is 0 Å². The fraction of sp³-hybridized carbons (Fsp3) is 0.591. The largest absolute Gasteiger partial charge is 0.454 e. The van der Waals surface area contributed by atoms with E-state index in [0.29, 0.717) is 60.9 Å². The van der Waals surface area contributed by atoms with E-state index >= 15 is 0 Å². The summed E-state index contributed by atoms with van der Waals surface area (Å²) in [6, 6.07) is 5.22. The molecule has 0 bridgehead atoms. The Morgan fingerprint density at radius 1 is 1.25 bits per heavy atom. The van der Waals surface area contributed by atoms with Crippen LogP contribution in [-0.2, 0) is 9.59 Å². The van der Waals surface area contributed by atoms with Crippen LogP contribution in [0.4, 0.5) is 0 Å². The van der Waals surface area contributed by atoms with Crippen molar-refractivity contribution in [1.29, 1.82) is 0 Å². The van der Waals surface area contributed by atoms with Crippen LogP contribution in [0.2, 0.25) is 0 Å². The van der Waals surface area contributed by atoms with Gasteiger partial charge in [-0.2, -0.15) is 0 Å². The third-order valence-electron chi connectivity index (χ3n) is 5.86. The van der Waals surface area contributed by atoms with Crippen LogP contribution in [0.5, 0.6) is 11.5 Å². The Balaban J connectivity index is 1.44. The molecule has 0 spiro atoms. The van der Waals surface area contributed by atoms with E-state index in [1.54, 1.807) is 23.1 Å². The molecule has 10 heteroatoms.